The van der Waals surface area contributed by atoms with Crippen molar-refractivity contribution in [2.75, 3.05) is 25.1 Å². The Labute approximate surface area is 108 Å². The Hall–Kier alpha value is -1.60. The third kappa shape index (κ3) is 2.99. The van der Waals surface area contributed by atoms with Gasteiger partial charge in [-0.15, -0.1) is 0 Å². The van der Waals surface area contributed by atoms with Crippen molar-refractivity contribution in [3.63, 3.8) is 0 Å². The highest BCUT2D eigenvalue weighted by Crippen LogP contribution is 2.20. The first-order valence-corrected chi connectivity index (χ1v) is 6.40. The largest absolute Gasteiger partial charge is 0.381 e. The Balaban J connectivity index is 2.06. The van der Waals surface area contributed by atoms with Crippen molar-refractivity contribution >= 4 is 5.82 Å². The van der Waals surface area contributed by atoms with E-state index < -0.39 is 0 Å². The maximum absolute atomic E-state index is 9.18. The van der Waals surface area contributed by atoms with Crippen LogP contribution < -0.4 is 5.32 Å². The minimum atomic E-state index is 0.618. The van der Waals surface area contributed by atoms with Crippen LogP contribution in [0.2, 0.25) is 0 Å². The second-order valence-electron chi connectivity index (χ2n) is 4.85. The second kappa shape index (κ2) is 5.83. The van der Waals surface area contributed by atoms with E-state index in [-0.39, 0.29) is 0 Å². The number of ether oxygens (including phenoxy) is 1. The zero-order valence-electron chi connectivity index (χ0n) is 11.0. The van der Waals surface area contributed by atoms with E-state index in [4.69, 9.17) is 4.74 Å². The molecule has 1 N–H and O–H groups in total. The van der Waals surface area contributed by atoms with Crippen LogP contribution in [0, 0.1) is 31.1 Å². The molecule has 0 bridgehead atoms. The normalized spacial score (nSPS) is 16.3. The third-order valence-corrected chi connectivity index (χ3v) is 3.36. The molecule has 4 nitrogen and oxygen atoms in total. The van der Waals surface area contributed by atoms with Gasteiger partial charge in [-0.25, -0.2) is 4.98 Å². The first-order valence-electron chi connectivity index (χ1n) is 6.40. The maximum atomic E-state index is 9.18. The summed E-state index contributed by atoms with van der Waals surface area (Å²) in [4.78, 5) is 4.42. The van der Waals surface area contributed by atoms with E-state index in [1.165, 1.54) is 0 Å². The van der Waals surface area contributed by atoms with E-state index in [2.05, 4.69) is 16.4 Å². The number of aryl methyl sites for hydroxylation is 2. The Morgan fingerprint density at radius 3 is 2.83 bits per heavy atom. The van der Waals surface area contributed by atoms with Crippen molar-refractivity contribution in [3.8, 4) is 6.07 Å². The van der Waals surface area contributed by atoms with Crippen LogP contribution in [0.15, 0.2) is 6.07 Å². The molecular formula is C14H19N3O. The van der Waals surface area contributed by atoms with Gasteiger partial charge in [-0.3, -0.25) is 0 Å². The lowest BCUT2D eigenvalue weighted by atomic mass is 10.0. The van der Waals surface area contributed by atoms with Crippen molar-refractivity contribution in [2.24, 2.45) is 5.92 Å². The van der Waals surface area contributed by atoms with Crippen LogP contribution in [-0.4, -0.2) is 24.7 Å². The van der Waals surface area contributed by atoms with E-state index in [0.29, 0.717) is 11.5 Å². The van der Waals surface area contributed by atoms with Crippen LogP contribution >= 0.6 is 0 Å². The molecule has 1 aliphatic rings. The number of aromatic nitrogens is 1. The molecule has 0 unspecified atom stereocenters. The number of hydrogen-bond acceptors (Lipinski definition) is 4. The fourth-order valence-electron chi connectivity index (χ4n) is 2.30. The van der Waals surface area contributed by atoms with E-state index in [1.807, 2.05) is 19.9 Å². The first-order chi connectivity index (χ1) is 8.70. The van der Waals surface area contributed by atoms with Gasteiger partial charge in [-0.1, -0.05) is 0 Å². The number of anilines is 1. The highest BCUT2D eigenvalue weighted by atomic mass is 16.5. The summed E-state index contributed by atoms with van der Waals surface area (Å²) < 4.78 is 5.34. The van der Waals surface area contributed by atoms with Crippen LogP contribution in [0.4, 0.5) is 5.82 Å². The van der Waals surface area contributed by atoms with E-state index >= 15 is 0 Å². The lowest BCUT2D eigenvalue weighted by Crippen LogP contribution is -2.23. The van der Waals surface area contributed by atoms with Gasteiger partial charge in [-0.2, -0.15) is 5.26 Å². The van der Waals surface area contributed by atoms with Crippen LogP contribution in [0.3, 0.4) is 0 Å². The molecule has 2 rings (SSSR count). The van der Waals surface area contributed by atoms with Crippen LogP contribution in [0.1, 0.15) is 29.7 Å². The summed E-state index contributed by atoms with van der Waals surface area (Å²) in [5.74, 6) is 1.34. The maximum Gasteiger partial charge on any atom is 0.144 e. The number of nitriles is 1. The molecule has 0 atom stereocenters. The molecule has 0 saturated carbocycles. The molecule has 1 fully saturated rings. The molecule has 1 saturated heterocycles. The van der Waals surface area contributed by atoms with Gasteiger partial charge in [0.2, 0.25) is 0 Å². The van der Waals surface area contributed by atoms with Crippen LogP contribution in [0.5, 0.6) is 0 Å². The molecular weight excluding hydrogens is 226 g/mol. The zero-order valence-corrected chi connectivity index (χ0v) is 11.0. The fraction of sp³-hybridized carbons (Fsp3) is 0.571. The van der Waals surface area contributed by atoms with E-state index in [9.17, 15) is 5.26 Å². The van der Waals surface area contributed by atoms with Crippen LogP contribution in [-0.2, 0) is 4.74 Å². The Kier molecular flexibility index (Phi) is 4.16. The summed E-state index contributed by atoms with van der Waals surface area (Å²) in [5.41, 5.74) is 2.59. The highest BCUT2D eigenvalue weighted by molar-refractivity contribution is 5.56. The van der Waals surface area contributed by atoms with Crippen LogP contribution in [0.25, 0.3) is 0 Å². The van der Waals surface area contributed by atoms with Crippen molar-refractivity contribution in [1.29, 1.82) is 5.26 Å². The second-order valence-corrected chi connectivity index (χ2v) is 4.85. The predicted octanol–water partition coefficient (Wildman–Crippen LogP) is 2.41. The highest BCUT2D eigenvalue weighted by Gasteiger charge is 2.15. The molecule has 18 heavy (non-hydrogen) atoms. The third-order valence-electron chi connectivity index (χ3n) is 3.36. The standard InChI is InChI=1S/C14H19N3O/c1-10-7-11(2)17-14(13(10)8-15)16-9-12-3-5-18-6-4-12/h7,12H,3-6,9H2,1-2H3,(H,16,17). The van der Waals surface area contributed by atoms with Crippen molar-refractivity contribution in [2.45, 2.75) is 26.7 Å². The summed E-state index contributed by atoms with van der Waals surface area (Å²) in [7, 11) is 0. The molecule has 0 radical (unpaired) electrons. The Morgan fingerprint density at radius 2 is 2.17 bits per heavy atom. The van der Waals surface area contributed by atoms with Gasteiger partial charge in [-0.05, 0) is 44.2 Å². The van der Waals surface area contributed by atoms with Gasteiger partial charge < -0.3 is 10.1 Å². The van der Waals surface area contributed by atoms with Gasteiger partial charge in [0.05, 0.1) is 5.56 Å². The molecule has 1 aromatic rings. The molecule has 96 valence electrons. The molecule has 4 heteroatoms. The molecule has 0 spiro atoms. The monoisotopic (exact) mass is 245 g/mol. The van der Waals surface area contributed by atoms with Gasteiger partial charge in [0.1, 0.15) is 11.9 Å². The summed E-state index contributed by atoms with van der Waals surface area (Å²) >= 11 is 0. The van der Waals surface area contributed by atoms with Crippen molar-refractivity contribution < 1.29 is 4.74 Å². The average Bonchev–Trinajstić information content (AvgIpc) is 2.37. The number of nitrogens with zero attached hydrogens (tertiary/aromatic N) is 2. The number of nitrogens with one attached hydrogen (secondary N) is 1. The van der Waals surface area contributed by atoms with E-state index in [0.717, 1.165) is 49.7 Å². The number of hydrogen-bond donors (Lipinski definition) is 1. The Bertz CT molecular complexity index is 459. The van der Waals surface area contributed by atoms with Crippen molar-refractivity contribution in [1.82, 2.24) is 4.98 Å². The minimum Gasteiger partial charge on any atom is -0.381 e. The summed E-state index contributed by atoms with van der Waals surface area (Å²) in [6.07, 6.45) is 2.17. The molecule has 0 amide bonds. The smallest absolute Gasteiger partial charge is 0.144 e. The lowest BCUT2D eigenvalue weighted by molar-refractivity contribution is 0.0699. The molecule has 0 aromatic carbocycles. The molecule has 1 aliphatic heterocycles. The SMILES string of the molecule is Cc1cc(C)c(C#N)c(NCC2CCOCC2)n1. The van der Waals surface area contributed by atoms with E-state index in [1.54, 1.807) is 0 Å². The molecule has 1 aromatic heterocycles. The summed E-state index contributed by atoms with van der Waals surface area (Å²) in [6.45, 7) is 6.46. The topological polar surface area (TPSA) is 57.9 Å². The average molecular weight is 245 g/mol. The molecule has 2 heterocycles. The van der Waals surface area contributed by atoms with Gasteiger partial charge in [0.15, 0.2) is 0 Å². The fourth-order valence-corrected chi connectivity index (χ4v) is 2.30. The summed E-state index contributed by atoms with van der Waals surface area (Å²) in [6, 6.07) is 4.17. The van der Waals surface area contributed by atoms with Gasteiger partial charge >= 0.3 is 0 Å². The predicted molar refractivity (Wildman–Crippen MR) is 70.5 cm³/mol. The van der Waals surface area contributed by atoms with Gasteiger partial charge in [0.25, 0.3) is 0 Å². The molecule has 0 aliphatic carbocycles. The van der Waals surface area contributed by atoms with Gasteiger partial charge in [0, 0.05) is 25.5 Å². The quantitative estimate of drug-likeness (QED) is 0.888. The lowest BCUT2D eigenvalue weighted by Gasteiger charge is -2.22. The minimum absolute atomic E-state index is 0.618. The first kappa shape index (κ1) is 12.8. The zero-order chi connectivity index (χ0) is 13.0. The Morgan fingerprint density at radius 1 is 1.44 bits per heavy atom. The number of rotatable bonds is 3. The number of pyridine rings is 1. The summed E-state index contributed by atoms with van der Waals surface area (Å²) in [5, 5.41) is 12.5. The van der Waals surface area contributed by atoms with Crippen molar-refractivity contribution in [3.05, 3.63) is 22.9 Å².